The largest absolute Gasteiger partial charge is 0.382 e. The van der Waals surface area contributed by atoms with Gasteiger partial charge in [0.25, 0.3) is 0 Å². The standard InChI is InChI=1S/C19H21ClN2O/c1-2-23-12-6-11-22-18-14-16(20)9-10-17(18)21-19(22)13-15-7-4-3-5-8-15/h3-5,7-10,14H,2,6,11-13H2,1H3. The molecule has 0 saturated carbocycles. The first-order valence-electron chi connectivity index (χ1n) is 8.04. The van der Waals surface area contributed by atoms with Gasteiger partial charge in [-0.2, -0.15) is 0 Å². The van der Waals surface area contributed by atoms with E-state index in [0.29, 0.717) is 0 Å². The molecule has 0 aliphatic heterocycles. The van der Waals surface area contributed by atoms with Gasteiger partial charge in [0.1, 0.15) is 5.82 Å². The molecule has 1 aromatic heterocycles. The summed E-state index contributed by atoms with van der Waals surface area (Å²) in [5.41, 5.74) is 3.36. The van der Waals surface area contributed by atoms with Gasteiger partial charge < -0.3 is 9.30 Å². The summed E-state index contributed by atoms with van der Waals surface area (Å²) in [6.45, 7) is 4.43. The van der Waals surface area contributed by atoms with Crippen LogP contribution in [0.4, 0.5) is 0 Å². The van der Waals surface area contributed by atoms with Gasteiger partial charge in [-0.3, -0.25) is 0 Å². The number of nitrogens with zero attached hydrogens (tertiary/aromatic N) is 2. The van der Waals surface area contributed by atoms with Crippen molar-refractivity contribution >= 4 is 22.6 Å². The third-order valence-corrected chi connectivity index (χ3v) is 4.10. The number of hydrogen-bond donors (Lipinski definition) is 0. The summed E-state index contributed by atoms with van der Waals surface area (Å²) < 4.78 is 7.74. The van der Waals surface area contributed by atoms with E-state index in [4.69, 9.17) is 21.3 Å². The summed E-state index contributed by atoms with van der Waals surface area (Å²) in [7, 11) is 0. The van der Waals surface area contributed by atoms with E-state index in [-0.39, 0.29) is 0 Å². The summed E-state index contributed by atoms with van der Waals surface area (Å²) in [5.74, 6) is 1.07. The van der Waals surface area contributed by atoms with E-state index < -0.39 is 0 Å². The lowest BCUT2D eigenvalue weighted by Gasteiger charge is -2.10. The summed E-state index contributed by atoms with van der Waals surface area (Å²) in [4.78, 5) is 4.81. The number of benzene rings is 2. The smallest absolute Gasteiger partial charge is 0.114 e. The minimum atomic E-state index is 0.745. The van der Waals surface area contributed by atoms with Crippen LogP contribution in [0.1, 0.15) is 24.7 Å². The highest BCUT2D eigenvalue weighted by Crippen LogP contribution is 2.22. The summed E-state index contributed by atoms with van der Waals surface area (Å²) in [5, 5.41) is 0.745. The number of hydrogen-bond acceptors (Lipinski definition) is 2. The van der Waals surface area contributed by atoms with E-state index >= 15 is 0 Å². The predicted molar refractivity (Wildman–Crippen MR) is 95.1 cm³/mol. The molecule has 0 aliphatic rings. The number of ether oxygens (including phenoxy) is 1. The monoisotopic (exact) mass is 328 g/mol. The zero-order chi connectivity index (χ0) is 16.1. The van der Waals surface area contributed by atoms with Crippen molar-refractivity contribution in [3.63, 3.8) is 0 Å². The van der Waals surface area contributed by atoms with Crippen LogP contribution in [0.15, 0.2) is 48.5 Å². The Morgan fingerprint density at radius 1 is 1.13 bits per heavy atom. The molecule has 23 heavy (non-hydrogen) atoms. The number of aryl methyl sites for hydroxylation is 1. The molecule has 4 heteroatoms. The Morgan fingerprint density at radius 3 is 2.74 bits per heavy atom. The Balaban J connectivity index is 1.91. The van der Waals surface area contributed by atoms with E-state index in [1.54, 1.807) is 0 Å². The first-order chi connectivity index (χ1) is 11.3. The van der Waals surface area contributed by atoms with Crippen LogP contribution < -0.4 is 0 Å². The number of aromatic nitrogens is 2. The van der Waals surface area contributed by atoms with Crippen molar-refractivity contribution in [1.29, 1.82) is 0 Å². The van der Waals surface area contributed by atoms with Crippen molar-refractivity contribution in [1.82, 2.24) is 9.55 Å². The molecule has 0 radical (unpaired) electrons. The van der Waals surface area contributed by atoms with Crippen LogP contribution in [-0.4, -0.2) is 22.8 Å². The maximum Gasteiger partial charge on any atom is 0.114 e. The fourth-order valence-corrected chi connectivity index (χ4v) is 2.94. The Morgan fingerprint density at radius 2 is 1.96 bits per heavy atom. The van der Waals surface area contributed by atoms with E-state index in [2.05, 4.69) is 28.8 Å². The lowest BCUT2D eigenvalue weighted by Crippen LogP contribution is -2.07. The molecular formula is C19H21ClN2O. The Kier molecular flexibility index (Phi) is 5.31. The quantitative estimate of drug-likeness (QED) is 0.587. The fraction of sp³-hybridized carbons (Fsp3) is 0.316. The molecule has 0 fully saturated rings. The Bertz CT molecular complexity index is 768. The third kappa shape index (κ3) is 3.92. The Labute approximate surface area is 141 Å². The lowest BCUT2D eigenvalue weighted by molar-refractivity contribution is 0.141. The van der Waals surface area contributed by atoms with Crippen LogP contribution >= 0.6 is 11.6 Å². The van der Waals surface area contributed by atoms with Crippen LogP contribution in [0.2, 0.25) is 5.02 Å². The molecule has 0 bridgehead atoms. The van der Waals surface area contributed by atoms with Crippen molar-refractivity contribution in [2.45, 2.75) is 26.3 Å². The zero-order valence-corrected chi connectivity index (χ0v) is 14.1. The number of imidazole rings is 1. The first kappa shape index (κ1) is 16.0. The molecule has 0 saturated heterocycles. The highest BCUT2D eigenvalue weighted by molar-refractivity contribution is 6.31. The van der Waals surface area contributed by atoms with Gasteiger partial charge in [0.2, 0.25) is 0 Å². The average Bonchev–Trinajstić information content (AvgIpc) is 2.89. The molecule has 120 valence electrons. The second-order valence-corrected chi connectivity index (χ2v) is 5.96. The normalized spacial score (nSPS) is 11.2. The van der Waals surface area contributed by atoms with Crippen molar-refractivity contribution < 1.29 is 4.74 Å². The van der Waals surface area contributed by atoms with Crippen LogP contribution in [0.25, 0.3) is 11.0 Å². The maximum absolute atomic E-state index is 6.18. The van der Waals surface area contributed by atoms with E-state index in [1.165, 1.54) is 5.56 Å². The van der Waals surface area contributed by atoms with Crippen LogP contribution in [0.3, 0.4) is 0 Å². The second-order valence-electron chi connectivity index (χ2n) is 5.53. The molecular weight excluding hydrogens is 308 g/mol. The van der Waals surface area contributed by atoms with E-state index in [1.807, 2.05) is 31.2 Å². The van der Waals surface area contributed by atoms with Crippen molar-refractivity contribution in [2.24, 2.45) is 0 Å². The van der Waals surface area contributed by atoms with Crippen molar-refractivity contribution in [3.05, 3.63) is 64.9 Å². The zero-order valence-electron chi connectivity index (χ0n) is 13.3. The molecule has 0 amide bonds. The second kappa shape index (κ2) is 7.62. The molecule has 0 atom stereocenters. The van der Waals surface area contributed by atoms with Gasteiger partial charge in [0.15, 0.2) is 0 Å². The topological polar surface area (TPSA) is 27.1 Å². The van der Waals surface area contributed by atoms with Gasteiger partial charge in [-0.05, 0) is 37.1 Å². The molecule has 1 heterocycles. The predicted octanol–water partition coefficient (Wildman–Crippen LogP) is 4.71. The summed E-state index contributed by atoms with van der Waals surface area (Å²) >= 11 is 6.18. The van der Waals surface area contributed by atoms with Gasteiger partial charge in [-0.25, -0.2) is 4.98 Å². The molecule has 0 spiro atoms. The maximum atomic E-state index is 6.18. The first-order valence-corrected chi connectivity index (χ1v) is 8.42. The Hall–Kier alpha value is -1.84. The SMILES string of the molecule is CCOCCCn1c(Cc2ccccc2)nc2ccc(Cl)cc21. The van der Waals surface area contributed by atoms with Crippen molar-refractivity contribution in [2.75, 3.05) is 13.2 Å². The molecule has 0 N–H and O–H groups in total. The van der Waals surface area contributed by atoms with Gasteiger partial charge in [-0.15, -0.1) is 0 Å². The number of fused-ring (bicyclic) bond motifs is 1. The summed E-state index contributed by atoms with van der Waals surface area (Å²) in [6.07, 6.45) is 1.79. The molecule has 3 rings (SSSR count). The van der Waals surface area contributed by atoms with Gasteiger partial charge in [0, 0.05) is 31.2 Å². The van der Waals surface area contributed by atoms with Crippen LogP contribution in [-0.2, 0) is 17.7 Å². The highest BCUT2D eigenvalue weighted by atomic mass is 35.5. The fourth-order valence-electron chi connectivity index (χ4n) is 2.78. The van der Waals surface area contributed by atoms with Gasteiger partial charge >= 0.3 is 0 Å². The average molecular weight is 329 g/mol. The summed E-state index contributed by atoms with van der Waals surface area (Å²) in [6, 6.07) is 16.3. The highest BCUT2D eigenvalue weighted by Gasteiger charge is 2.11. The number of halogens is 1. The van der Waals surface area contributed by atoms with Gasteiger partial charge in [0.05, 0.1) is 11.0 Å². The van der Waals surface area contributed by atoms with E-state index in [9.17, 15) is 0 Å². The molecule has 0 unspecified atom stereocenters. The van der Waals surface area contributed by atoms with E-state index in [0.717, 1.165) is 54.5 Å². The molecule has 0 aliphatic carbocycles. The lowest BCUT2D eigenvalue weighted by atomic mass is 10.1. The van der Waals surface area contributed by atoms with Crippen molar-refractivity contribution in [3.8, 4) is 0 Å². The minimum absolute atomic E-state index is 0.745. The van der Waals surface area contributed by atoms with Gasteiger partial charge in [-0.1, -0.05) is 41.9 Å². The third-order valence-electron chi connectivity index (χ3n) is 3.87. The minimum Gasteiger partial charge on any atom is -0.382 e. The number of rotatable bonds is 7. The molecule has 2 aromatic carbocycles. The molecule has 3 aromatic rings. The molecule has 3 nitrogen and oxygen atoms in total. The van der Waals surface area contributed by atoms with Crippen LogP contribution in [0, 0.1) is 0 Å². The van der Waals surface area contributed by atoms with Crippen LogP contribution in [0.5, 0.6) is 0 Å².